The van der Waals surface area contributed by atoms with Crippen molar-refractivity contribution >= 4 is 12.2 Å². The first-order valence-electron chi connectivity index (χ1n) is 4.17. The quantitative estimate of drug-likeness (QED) is 0.729. The maximum Gasteiger partial charge on any atom is 0.284 e. The first-order valence-corrected chi connectivity index (χ1v) is 4.58. The van der Waals surface area contributed by atoms with Crippen molar-refractivity contribution in [1.29, 1.82) is 0 Å². The fourth-order valence-electron chi connectivity index (χ4n) is 1.09. The van der Waals surface area contributed by atoms with E-state index in [1.807, 2.05) is 26.0 Å². The van der Waals surface area contributed by atoms with Gasteiger partial charge >= 0.3 is 0 Å². The number of rotatable bonds is 1. The number of H-pyrrole nitrogens is 1. The summed E-state index contributed by atoms with van der Waals surface area (Å²) >= 11 is 4.78. The van der Waals surface area contributed by atoms with Crippen LogP contribution in [0, 0.1) is 18.7 Å². The summed E-state index contributed by atoms with van der Waals surface area (Å²) in [4.78, 5) is 4.60. The number of nitrogens with zero attached hydrogens (tertiary/aromatic N) is 2. The van der Waals surface area contributed by atoms with Crippen LogP contribution in [0.15, 0.2) is 16.5 Å². The number of nitrogens with one attached hydrogen (secondary N) is 1. The zero-order valence-corrected chi connectivity index (χ0v) is 8.68. The Morgan fingerprint density at radius 2 is 2.14 bits per heavy atom. The van der Waals surface area contributed by atoms with Crippen LogP contribution in [0.5, 0.6) is 0 Å². The van der Waals surface area contributed by atoms with Gasteiger partial charge in [0.05, 0.1) is 0 Å². The molecule has 72 valence electrons. The van der Waals surface area contributed by atoms with E-state index in [2.05, 4.69) is 15.2 Å². The van der Waals surface area contributed by atoms with E-state index in [0.717, 1.165) is 11.3 Å². The van der Waals surface area contributed by atoms with E-state index in [0.29, 0.717) is 11.6 Å². The molecule has 0 amide bonds. The van der Waals surface area contributed by atoms with Crippen LogP contribution in [0.2, 0.25) is 0 Å². The molecule has 0 saturated heterocycles. The summed E-state index contributed by atoms with van der Waals surface area (Å²) in [6.07, 6.45) is 0. The van der Waals surface area contributed by atoms with Crippen molar-refractivity contribution < 1.29 is 4.42 Å². The minimum Gasteiger partial charge on any atom is -0.408 e. The van der Waals surface area contributed by atoms with Crippen molar-refractivity contribution in [2.75, 3.05) is 0 Å². The molecule has 0 radical (unpaired) electrons. The molecule has 2 rings (SSSR count). The number of hydrogen-bond donors (Lipinski definition) is 1. The minimum atomic E-state index is 0.264. The third-order valence-electron chi connectivity index (χ3n) is 2.01. The Balaban J connectivity index is 2.52. The van der Waals surface area contributed by atoms with Gasteiger partial charge in [-0.2, -0.15) is 0 Å². The molecule has 14 heavy (non-hydrogen) atoms. The topological polar surface area (TPSA) is 54.7 Å². The van der Waals surface area contributed by atoms with Crippen molar-refractivity contribution in [2.24, 2.45) is 0 Å². The molecule has 0 aromatic carbocycles. The molecule has 4 nitrogen and oxygen atoms in total. The fourth-order valence-corrected chi connectivity index (χ4v) is 1.21. The van der Waals surface area contributed by atoms with Gasteiger partial charge in [-0.25, -0.2) is 10.1 Å². The van der Waals surface area contributed by atoms with Gasteiger partial charge in [-0.05, 0) is 37.7 Å². The van der Waals surface area contributed by atoms with Crippen LogP contribution in [-0.4, -0.2) is 15.2 Å². The highest BCUT2D eigenvalue weighted by Gasteiger charge is 2.06. The third-order valence-corrected chi connectivity index (χ3v) is 2.18. The largest absolute Gasteiger partial charge is 0.408 e. The standard InChI is InChI=1S/C9H9N3OS/c1-5-3-4-7(10-6(5)2)8-11-12-9(14)13-8/h3-4H,1-2H3,(H,12,14). The monoisotopic (exact) mass is 207 g/mol. The molecule has 0 saturated carbocycles. The molecule has 1 N–H and O–H groups in total. The lowest BCUT2D eigenvalue weighted by atomic mass is 10.2. The summed E-state index contributed by atoms with van der Waals surface area (Å²) in [5, 5.41) is 6.46. The lowest BCUT2D eigenvalue weighted by Gasteiger charge is -1.99. The zero-order valence-electron chi connectivity index (χ0n) is 7.87. The Morgan fingerprint density at radius 1 is 1.36 bits per heavy atom. The average Bonchev–Trinajstić information content (AvgIpc) is 2.57. The van der Waals surface area contributed by atoms with E-state index in [1.54, 1.807) is 0 Å². The van der Waals surface area contributed by atoms with Crippen LogP contribution in [0.4, 0.5) is 0 Å². The van der Waals surface area contributed by atoms with Crippen LogP contribution in [-0.2, 0) is 0 Å². The molecule has 0 aliphatic rings. The molecule has 0 unspecified atom stereocenters. The molecular formula is C9H9N3OS. The summed E-state index contributed by atoms with van der Waals surface area (Å²) in [5.74, 6) is 0.429. The van der Waals surface area contributed by atoms with E-state index in [4.69, 9.17) is 16.6 Å². The van der Waals surface area contributed by atoms with E-state index < -0.39 is 0 Å². The lowest BCUT2D eigenvalue weighted by molar-refractivity contribution is 0.549. The van der Waals surface area contributed by atoms with Gasteiger partial charge in [0, 0.05) is 5.69 Å². The predicted molar refractivity (Wildman–Crippen MR) is 54.4 cm³/mol. The van der Waals surface area contributed by atoms with Crippen LogP contribution < -0.4 is 0 Å². The average molecular weight is 207 g/mol. The summed E-state index contributed by atoms with van der Waals surface area (Å²) in [7, 11) is 0. The maximum absolute atomic E-state index is 5.15. The lowest BCUT2D eigenvalue weighted by Crippen LogP contribution is -1.90. The van der Waals surface area contributed by atoms with E-state index in [9.17, 15) is 0 Å². The van der Waals surface area contributed by atoms with Gasteiger partial charge in [0.15, 0.2) is 0 Å². The van der Waals surface area contributed by atoms with Crippen molar-refractivity contribution in [3.8, 4) is 11.6 Å². The molecule has 0 bridgehead atoms. The molecule has 0 aliphatic carbocycles. The van der Waals surface area contributed by atoms with Crippen molar-refractivity contribution in [2.45, 2.75) is 13.8 Å². The third kappa shape index (κ3) is 1.58. The molecule has 0 fully saturated rings. The number of aromatic amines is 1. The van der Waals surface area contributed by atoms with Gasteiger partial charge in [0.2, 0.25) is 0 Å². The molecule has 5 heteroatoms. The molecule has 2 aromatic heterocycles. The fraction of sp³-hybridized carbons (Fsp3) is 0.222. The highest BCUT2D eigenvalue weighted by molar-refractivity contribution is 7.71. The van der Waals surface area contributed by atoms with Crippen LogP contribution in [0.1, 0.15) is 11.3 Å². The zero-order chi connectivity index (χ0) is 10.1. The maximum atomic E-state index is 5.15. The van der Waals surface area contributed by atoms with Gasteiger partial charge in [-0.3, -0.25) is 0 Å². The van der Waals surface area contributed by atoms with Crippen molar-refractivity contribution in [3.63, 3.8) is 0 Å². The Hall–Kier alpha value is -1.49. The number of hydrogen-bond acceptors (Lipinski definition) is 4. The van der Waals surface area contributed by atoms with Gasteiger partial charge in [-0.15, -0.1) is 5.10 Å². The number of aryl methyl sites for hydroxylation is 2. The second-order valence-corrected chi connectivity index (χ2v) is 3.39. The highest BCUT2D eigenvalue weighted by Crippen LogP contribution is 2.15. The minimum absolute atomic E-state index is 0.264. The van der Waals surface area contributed by atoms with Gasteiger partial charge in [0.25, 0.3) is 10.7 Å². The second kappa shape index (κ2) is 3.34. The van der Waals surface area contributed by atoms with Crippen molar-refractivity contribution in [1.82, 2.24) is 15.2 Å². The summed E-state index contributed by atoms with van der Waals surface area (Å²) in [6.45, 7) is 3.95. The Bertz CT molecular complexity index is 515. The molecule has 2 aromatic rings. The summed E-state index contributed by atoms with van der Waals surface area (Å²) in [5.41, 5.74) is 2.80. The first kappa shape index (κ1) is 9.08. The highest BCUT2D eigenvalue weighted by atomic mass is 32.1. The van der Waals surface area contributed by atoms with Crippen LogP contribution in [0.3, 0.4) is 0 Å². The second-order valence-electron chi connectivity index (χ2n) is 3.02. The van der Waals surface area contributed by atoms with Crippen molar-refractivity contribution in [3.05, 3.63) is 28.2 Å². The molecule has 2 heterocycles. The van der Waals surface area contributed by atoms with Gasteiger partial charge in [-0.1, -0.05) is 6.07 Å². The smallest absolute Gasteiger partial charge is 0.284 e. The number of pyridine rings is 1. The van der Waals surface area contributed by atoms with E-state index >= 15 is 0 Å². The predicted octanol–water partition coefficient (Wildman–Crippen LogP) is 2.41. The molecule has 0 aliphatic heterocycles. The Labute approximate surface area is 86.0 Å². The normalized spacial score (nSPS) is 10.4. The van der Waals surface area contributed by atoms with E-state index in [1.165, 1.54) is 0 Å². The van der Waals surface area contributed by atoms with Crippen LogP contribution >= 0.6 is 12.2 Å². The van der Waals surface area contributed by atoms with Gasteiger partial charge in [0.1, 0.15) is 5.69 Å². The SMILES string of the molecule is Cc1ccc(-c2n[nH]c(=S)o2)nc1C. The van der Waals surface area contributed by atoms with Gasteiger partial charge < -0.3 is 4.42 Å². The molecule has 0 atom stereocenters. The summed E-state index contributed by atoms with van der Waals surface area (Å²) in [6, 6.07) is 3.84. The Kier molecular flexibility index (Phi) is 2.17. The first-order chi connectivity index (χ1) is 6.66. The number of aromatic nitrogens is 3. The Morgan fingerprint density at radius 3 is 2.71 bits per heavy atom. The summed E-state index contributed by atoms with van der Waals surface area (Å²) < 4.78 is 5.15. The molecule has 0 spiro atoms. The van der Waals surface area contributed by atoms with E-state index in [-0.39, 0.29) is 4.84 Å². The molecular weight excluding hydrogens is 198 g/mol. The van der Waals surface area contributed by atoms with Crippen LogP contribution in [0.25, 0.3) is 11.6 Å².